The topological polar surface area (TPSA) is 102 Å². The molecule has 0 fully saturated rings. The Balaban J connectivity index is 2.11. The number of nitriles is 1. The normalized spacial score (nSPS) is 11.9. The van der Waals surface area contributed by atoms with Crippen LogP contribution < -0.4 is 0 Å². The van der Waals surface area contributed by atoms with Crippen molar-refractivity contribution in [2.45, 2.75) is 5.92 Å². The van der Waals surface area contributed by atoms with Gasteiger partial charge in [0.05, 0.1) is 27.0 Å². The van der Waals surface area contributed by atoms with E-state index in [0.717, 1.165) is 11.6 Å². The zero-order chi connectivity index (χ0) is 18.1. The number of benzene rings is 2. The van der Waals surface area contributed by atoms with Gasteiger partial charge < -0.3 is 4.57 Å². The molecule has 0 aliphatic rings. The molecule has 0 unspecified atom stereocenters. The molecule has 0 aliphatic heterocycles. The fourth-order valence-electron chi connectivity index (χ4n) is 2.63. The molecule has 0 aliphatic carbocycles. The zero-order valence-electron chi connectivity index (χ0n) is 13.0. The number of aromatic nitrogens is 2. The number of non-ortho nitro benzene ring substituents is 1. The average molecular weight is 355 g/mol. The monoisotopic (exact) mass is 354 g/mol. The van der Waals surface area contributed by atoms with Crippen molar-refractivity contribution < 1.29 is 9.72 Å². The highest BCUT2D eigenvalue weighted by Crippen LogP contribution is 2.29. The van der Waals surface area contributed by atoms with Crippen molar-refractivity contribution >= 4 is 34.1 Å². The molecular formula is C17H11ClN4O3. The van der Waals surface area contributed by atoms with E-state index in [1.54, 1.807) is 23.7 Å². The standard InChI is InChI=1S/C17H11ClN4O3/c1-21-15-5-3-2-4-14(15)20-17(21)12(9-19)16(23)11-8-10(22(24)25)6-7-13(11)18/h2-8,12H,1H3/t12-/m1/s1. The SMILES string of the molecule is Cn1c([C@H](C#N)C(=O)c2cc([N+](=O)[O-])ccc2Cl)nc2ccccc21. The molecule has 1 heterocycles. The number of para-hydroxylation sites is 2. The highest BCUT2D eigenvalue weighted by atomic mass is 35.5. The second-order valence-corrected chi connectivity index (χ2v) is 5.77. The molecule has 0 saturated heterocycles. The number of nitro benzene ring substituents is 1. The number of Topliss-reactive ketones (excluding diaryl/α,β-unsaturated/α-hetero) is 1. The van der Waals surface area contributed by atoms with E-state index in [4.69, 9.17) is 11.6 Å². The molecule has 3 rings (SSSR count). The zero-order valence-corrected chi connectivity index (χ0v) is 13.8. The number of fused-ring (bicyclic) bond motifs is 1. The number of nitro groups is 1. The Labute approximate surface area is 147 Å². The lowest BCUT2D eigenvalue weighted by Crippen LogP contribution is -2.16. The van der Waals surface area contributed by atoms with Crippen molar-refractivity contribution in [3.05, 3.63) is 69.0 Å². The molecule has 0 spiro atoms. The van der Waals surface area contributed by atoms with Gasteiger partial charge >= 0.3 is 0 Å². The van der Waals surface area contributed by atoms with Gasteiger partial charge in [-0.25, -0.2) is 4.98 Å². The summed E-state index contributed by atoms with van der Waals surface area (Å²) in [6, 6.07) is 12.7. The Morgan fingerprint density at radius 3 is 2.72 bits per heavy atom. The van der Waals surface area contributed by atoms with Gasteiger partial charge in [-0.05, 0) is 18.2 Å². The van der Waals surface area contributed by atoms with Crippen molar-refractivity contribution in [2.75, 3.05) is 0 Å². The Bertz CT molecular complexity index is 1050. The first-order valence-corrected chi connectivity index (χ1v) is 7.61. The van der Waals surface area contributed by atoms with Gasteiger partial charge in [0.15, 0.2) is 11.7 Å². The summed E-state index contributed by atoms with van der Waals surface area (Å²) in [7, 11) is 1.71. The van der Waals surface area contributed by atoms with Crippen LogP contribution >= 0.6 is 11.6 Å². The number of carbonyl (C=O) groups is 1. The molecule has 0 radical (unpaired) electrons. The first kappa shape index (κ1) is 16.6. The van der Waals surface area contributed by atoms with Crippen LogP contribution in [0.15, 0.2) is 42.5 Å². The van der Waals surface area contributed by atoms with Crippen LogP contribution in [0.4, 0.5) is 5.69 Å². The van der Waals surface area contributed by atoms with E-state index in [1.807, 2.05) is 18.2 Å². The highest BCUT2D eigenvalue weighted by molar-refractivity contribution is 6.34. The molecule has 2 aromatic carbocycles. The number of carbonyl (C=O) groups excluding carboxylic acids is 1. The number of nitrogens with zero attached hydrogens (tertiary/aromatic N) is 4. The number of rotatable bonds is 4. The number of hydrogen-bond donors (Lipinski definition) is 0. The molecule has 0 N–H and O–H groups in total. The fraction of sp³-hybridized carbons (Fsp3) is 0.118. The van der Waals surface area contributed by atoms with E-state index in [-0.39, 0.29) is 22.1 Å². The van der Waals surface area contributed by atoms with Crippen molar-refractivity contribution in [2.24, 2.45) is 7.05 Å². The van der Waals surface area contributed by atoms with E-state index in [9.17, 15) is 20.2 Å². The van der Waals surface area contributed by atoms with Gasteiger partial charge in [-0.3, -0.25) is 14.9 Å². The summed E-state index contributed by atoms with van der Waals surface area (Å²) >= 11 is 6.02. The van der Waals surface area contributed by atoms with E-state index < -0.39 is 16.6 Å². The molecule has 25 heavy (non-hydrogen) atoms. The number of hydrogen-bond acceptors (Lipinski definition) is 5. The van der Waals surface area contributed by atoms with Crippen LogP contribution in [0.5, 0.6) is 0 Å². The van der Waals surface area contributed by atoms with Gasteiger partial charge in [-0.15, -0.1) is 0 Å². The molecule has 0 bridgehead atoms. The van der Waals surface area contributed by atoms with Crippen LogP contribution in [0.1, 0.15) is 22.1 Å². The van der Waals surface area contributed by atoms with E-state index in [2.05, 4.69) is 4.98 Å². The van der Waals surface area contributed by atoms with Crippen LogP contribution in [0.3, 0.4) is 0 Å². The van der Waals surface area contributed by atoms with Crippen molar-refractivity contribution in [1.29, 1.82) is 5.26 Å². The van der Waals surface area contributed by atoms with E-state index in [1.165, 1.54) is 12.1 Å². The summed E-state index contributed by atoms with van der Waals surface area (Å²) in [6.07, 6.45) is 0. The van der Waals surface area contributed by atoms with Crippen LogP contribution in [0.25, 0.3) is 11.0 Å². The van der Waals surface area contributed by atoms with E-state index >= 15 is 0 Å². The lowest BCUT2D eigenvalue weighted by molar-refractivity contribution is -0.384. The van der Waals surface area contributed by atoms with E-state index in [0.29, 0.717) is 5.52 Å². The second-order valence-electron chi connectivity index (χ2n) is 5.37. The third kappa shape index (κ3) is 2.84. The maximum absolute atomic E-state index is 12.8. The minimum absolute atomic E-state index is 0.0506. The summed E-state index contributed by atoms with van der Waals surface area (Å²) in [5.41, 5.74) is 1.08. The quantitative estimate of drug-likeness (QED) is 0.404. The lowest BCUT2D eigenvalue weighted by atomic mass is 9.97. The Hall–Kier alpha value is -3.24. The third-order valence-electron chi connectivity index (χ3n) is 3.90. The summed E-state index contributed by atoms with van der Waals surface area (Å²) < 4.78 is 1.66. The molecular weight excluding hydrogens is 344 g/mol. The summed E-state index contributed by atoms with van der Waals surface area (Å²) in [5.74, 6) is -1.59. The van der Waals surface area contributed by atoms with Gasteiger partial charge in [0.25, 0.3) is 5.69 Å². The van der Waals surface area contributed by atoms with Crippen LogP contribution in [0.2, 0.25) is 5.02 Å². The van der Waals surface area contributed by atoms with Gasteiger partial charge in [-0.2, -0.15) is 5.26 Å². The molecule has 1 atom stereocenters. The van der Waals surface area contributed by atoms with Crippen LogP contribution in [-0.2, 0) is 7.05 Å². The Kier molecular flexibility index (Phi) is 4.21. The molecule has 8 heteroatoms. The Morgan fingerprint density at radius 2 is 2.08 bits per heavy atom. The second kappa shape index (κ2) is 6.34. The van der Waals surface area contributed by atoms with Gasteiger partial charge in [0.2, 0.25) is 0 Å². The highest BCUT2D eigenvalue weighted by Gasteiger charge is 2.29. The maximum atomic E-state index is 12.8. The molecule has 0 saturated carbocycles. The lowest BCUT2D eigenvalue weighted by Gasteiger charge is -2.10. The molecule has 1 aromatic heterocycles. The molecule has 7 nitrogen and oxygen atoms in total. The minimum Gasteiger partial charge on any atom is -0.330 e. The number of ketones is 1. The summed E-state index contributed by atoms with van der Waals surface area (Å²) in [5, 5.41) is 20.5. The van der Waals surface area contributed by atoms with Crippen molar-refractivity contribution in [3.63, 3.8) is 0 Å². The van der Waals surface area contributed by atoms with Crippen LogP contribution in [-0.4, -0.2) is 20.3 Å². The molecule has 3 aromatic rings. The first-order chi connectivity index (χ1) is 11.9. The summed E-state index contributed by atoms with van der Waals surface area (Å²) in [6.45, 7) is 0. The van der Waals surface area contributed by atoms with Gasteiger partial charge in [0, 0.05) is 24.7 Å². The molecule has 124 valence electrons. The first-order valence-electron chi connectivity index (χ1n) is 7.23. The van der Waals surface area contributed by atoms with Gasteiger partial charge in [-0.1, -0.05) is 23.7 Å². The van der Waals surface area contributed by atoms with Crippen molar-refractivity contribution in [3.8, 4) is 6.07 Å². The van der Waals surface area contributed by atoms with Crippen molar-refractivity contribution in [1.82, 2.24) is 9.55 Å². The number of aryl methyl sites for hydroxylation is 1. The predicted molar refractivity (Wildman–Crippen MR) is 91.5 cm³/mol. The smallest absolute Gasteiger partial charge is 0.270 e. The molecule has 0 amide bonds. The summed E-state index contributed by atoms with van der Waals surface area (Å²) in [4.78, 5) is 27.5. The fourth-order valence-corrected chi connectivity index (χ4v) is 2.84. The average Bonchev–Trinajstić information content (AvgIpc) is 2.93. The number of halogens is 1. The largest absolute Gasteiger partial charge is 0.330 e. The third-order valence-corrected chi connectivity index (χ3v) is 4.23. The number of imidazole rings is 1. The predicted octanol–water partition coefficient (Wildman–Crippen LogP) is 3.62. The maximum Gasteiger partial charge on any atom is 0.270 e. The minimum atomic E-state index is -1.23. The van der Waals surface area contributed by atoms with Crippen LogP contribution in [0, 0.1) is 21.4 Å². The Morgan fingerprint density at radius 1 is 1.36 bits per heavy atom. The van der Waals surface area contributed by atoms with Gasteiger partial charge in [0.1, 0.15) is 5.82 Å².